The van der Waals surface area contributed by atoms with E-state index in [1.807, 2.05) is 0 Å². The predicted molar refractivity (Wildman–Crippen MR) is 71.4 cm³/mol. The highest BCUT2D eigenvalue weighted by atomic mass is 19.3. The molecule has 21 heavy (non-hydrogen) atoms. The Hall–Kier alpha value is -2.22. The van der Waals surface area contributed by atoms with Crippen molar-refractivity contribution in [3.63, 3.8) is 0 Å². The number of hydrogen-bond donors (Lipinski definition) is 2. The van der Waals surface area contributed by atoms with Crippen molar-refractivity contribution >= 4 is 22.7 Å². The molecule has 1 unspecified atom stereocenters. The molecule has 0 saturated carbocycles. The Kier molecular flexibility index (Phi) is 3.05. The van der Waals surface area contributed by atoms with Crippen molar-refractivity contribution in [3.05, 3.63) is 28.7 Å². The molecule has 112 valence electrons. The van der Waals surface area contributed by atoms with E-state index in [1.54, 1.807) is 19.2 Å². The minimum absolute atomic E-state index is 0.324. The van der Waals surface area contributed by atoms with Crippen LogP contribution < -0.4 is 16.4 Å². The number of halogens is 2. The van der Waals surface area contributed by atoms with Crippen LogP contribution in [-0.4, -0.2) is 29.0 Å². The number of oxazole rings is 1. The number of aromatic nitrogens is 1. The summed E-state index contributed by atoms with van der Waals surface area (Å²) in [5.74, 6) is -3.91. The largest absolute Gasteiger partial charge is 0.419 e. The number of carbonyl (C=O) groups is 1. The molecule has 0 aliphatic carbocycles. The van der Waals surface area contributed by atoms with Crippen molar-refractivity contribution in [1.82, 2.24) is 9.88 Å². The van der Waals surface area contributed by atoms with Crippen molar-refractivity contribution in [2.75, 3.05) is 11.9 Å². The normalized spacial score (nSPS) is 20.8. The number of nitrogens with zero attached hydrogens (tertiary/aromatic N) is 1. The Bertz CT molecular complexity index is 766. The zero-order valence-corrected chi connectivity index (χ0v) is 11.2. The van der Waals surface area contributed by atoms with Gasteiger partial charge in [0.1, 0.15) is 0 Å². The van der Waals surface area contributed by atoms with Crippen LogP contribution in [0.1, 0.15) is 6.42 Å². The summed E-state index contributed by atoms with van der Waals surface area (Å²) in [6.07, 6.45) is -0.526. The number of benzene rings is 1. The van der Waals surface area contributed by atoms with E-state index in [-0.39, 0.29) is 0 Å². The number of amides is 1. The quantitative estimate of drug-likeness (QED) is 0.869. The van der Waals surface area contributed by atoms with Crippen LogP contribution in [0.25, 0.3) is 11.1 Å². The maximum atomic E-state index is 13.1. The Morgan fingerprint density at radius 2 is 2.29 bits per heavy atom. The van der Waals surface area contributed by atoms with Crippen LogP contribution in [0.15, 0.2) is 27.4 Å². The average molecular weight is 297 g/mol. The third kappa shape index (κ3) is 2.54. The number of aryl methyl sites for hydroxylation is 1. The van der Waals surface area contributed by atoms with Gasteiger partial charge in [-0.05, 0) is 12.1 Å². The molecule has 0 spiro atoms. The molecular formula is C13H13F2N3O3. The van der Waals surface area contributed by atoms with E-state index in [0.29, 0.717) is 16.8 Å². The average Bonchev–Trinajstić information content (AvgIpc) is 2.91. The second kappa shape index (κ2) is 4.66. The standard InChI is InChI=1S/C13H13F2N3O3/c1-18-9-3-2-7(4-10(9)21-12(18)20)17-11(19)8-5-13(14,15)6-16-8/h2-4,8,16H,5-6H2,1H3,(H,17,19). The number of rotatable bonds is 2. The van der Waals surface area contributed by atoms with Crippen molar-refractivity contribution in [1.29, 1.82) is 0 Å². The smallest absolute Gasteiger partial charge is 0.408 e. The summed E-state index contributed by atoms with van der Waals surface area (Å²) in [4.78, 5) is 23.3. The number of fused-ring (bicyclic) bond motifs is 1. The Balaban J connectivity index is 1.79. The van der Waals surface area contributed by atoms with Gasteiger partial charge in [0.15, 0.2) is 5.58 Å². The highest BCUT2D eigenvalue weighted by molar-refractivity contribution is 5.96. The lowest BCUT2D eigenvalue weighted by molar-refractivity contribution is -0.118. The summed E-state index contributed by atoms with van der Waals surface area (Å²) >= 11 is 0. The number of hydrogen-bond acceptors (Lipinski definition) is 4. The fourth-order valence-corrected chi connectivity index (χ4v) is 2.34. The maximum absolute atomic E-state index is 13.1. The maximum Gasteiger partial charge on any atom is 0.419 e. The lowest BCUT2D eigenvalue weighted by Crippen LogP contribution is -2.35. The molecule has 2 N–H and O–H groups in total. The second-order valence-corrected chi connectivity index (χ2v) is 5.09. The summed E-state index contributed by atoms with van der Waals surface area (Å²) in [5, 5.41) is 5.01. The van der Waals surface area contributed by atoms with Gasteiger partial charge in [0.2, 0.25) is 5.91 Å². The Morgan fingerprint density at radius 3 is 2.95 bits per heavy atom. The monoisotopic (exact) mass is 297 g/mol. The van der Waals surface area contributed by atoms with Crippen LogP contribution >= 0.6 is 0 Å². The molecule has 1 saturated heterocycles. The second-order valence-electron chi connectivity index (χ2n) is 5.09. The minimum atomic E-state index is -2.86. The molecule has 2 heterocycles. The van der Waals surface area contributed by atoms with E-state index in [4.69, 9.17) is 4.42 Å². The van der Waals surface area contributed by atoms with E-state index in [9.17, 15) is 18.4 Å². The molecule has 1 aromatic heterocycles. The van der Waals surface area contributed by atoms with Gasteiger partial charge in [0.05, 0.1) is 18.1 Å². The Morgan fingerprint density at radius 1 is 1.52 bits per heavy atom. The first-order valence-corrected chi connectivity index (χ1v) is 6.37. The van der Waals surface area contributed by atoms with Crippen molar-refractivity contribution in [2.45, 2.75) is 18.4 Å². The van der Waals surface area contributed by atoms with E-state index in [2.05, 4.69) is 10.6 Å². The molecule has 1 aromatic carbocycles. The van der Waals surface area contributed by atoms with E-state index < -0.39 is 36.6 Å². The summed E-state index contributed by atoms with van der Waals surface area (Å²) in [5.41, 5.74) is 1.30. The highest BCUT2D eigenvalue weighted by Crippen LogP contribution is 2.26. The van der Waals surface area contributed by atoms with Gasteiger partial charge in [0.25, 0.3) is 5.92 Å². The van der Waals surface area contributed by atoms with Crippen LogP contribution in [0.3, 0.4) is 0 Å². The van der Waals surface area contributed by atoms with Crippen LogP contribution in [-0.2, 0) is 11.8 Å². The molecule has 6 nitrogen and oxygen atoms in total. The summed E-state index contributed by atoms with van der Waals surface area (Å²) in [6, 6.07) is 3.76. The summed E-state index contributed by atoms with van der Waals surface area (Å²) < 4.78 is 32.4. The van der Waals surface area contributed by atoms with Crippen LogP contribution in [0, 0.1) is 0 Å². The van der Waals surface area contributed by atoms with Crippen molar-refractivity contribution in [2.24, 2.45) is 7.05 Å². The van der Waals surface area contributed by atoms with E-state index in [0.717, 1.165) is 0 Å². The van der Waals surface area contributed by atoms with Crippen molar-refractivity contribution < 1.29 is 18.0 Å². The minimum Gasteiger partial charge on any atom is -0.408 e. The van der Waals surface area contributed by atoms with Gasteiger partial charge in [0, 0.05) is 25.2 Å². The SMILES string of the molecule is Cn1c(=O)oc2cc(NC(=O)C3CC(F)(F)CN3)ccc21. The fourth-order valence-electron chi connectivity index (χ4n) is 2.34. The molecule has 8 heteroatoms. The molecule has 1 atom stereocenters. The van der Waals surface area contributed by atoms with E-state index in [1.165, 1.54) is 10.6 Å². The number of alkyl halides is 2. The predicted octanol–water partition coefficient (Wildman–Crippen LogP) is 1.07. The van der Waals surface area contributed by atoms with Gasteiger partial charge in [-0.25, -0.2) is 13.6 Å². The van der Waals surface area contributed by atoms with Crippen LogP contribution in [0.5, 0.6) is 0 Å². The van der Waals surface area contributed by atoms with Gasteiger partial charge in [-0.2, -0.15) is 0 Å². The lowest BCUT2D eigenvalue weighted by atomic mass is 10.2. The highest BCUT2D eigenvalue weighted by Gasteiger charge is 2.42. The number of nitrogens with one attached hydrogen (secondary N) is 2. The van der Waals surface area contributed by atoms with Crippen LogP contribution in [0.4, 0.5) is 14.5 Å². The molecule has 1 aliphatic rings. The fraction of sp³-hybridized carbons (Fsp3) is 0.385. The third-order valence-electron chi connectivity index (χ3n) is 3.49. The molecule has 1 amide bonds. The first-order chi connectivity index (χ1) is 9.85. The van der Waals surface area contributed by atoms with E-state index >= 15 is 0 Å². The molecule has 2 aromatic rings. The van der Waals surface area contributed by atoms with Gasteiger partial charge in [-0.3, -0.25) is 14.7 Å². The number of carbonyl (C=O) groups excluding carboxylic acids is 1. The van der Waals surface area contributed by atoms with Gasteiger partial charge in [-0.1, -0.05) is 0 Å². The topological polar surface area (TPSA) is 76.3 Å². The van der Waals surface area contributed by atoms with Gasteiger partial charge >= 0.3 is 5.76 Å². The summed E-state index contributed by atoms with van der Waals surface area (Å²) in [7, 11) is 1.57. The van der Waals surface area contributed by atoms with Crippen LogP contribution in [0.2, 0.25) is 0 Å². The number of anilines is 1. The van der Waals surface area contributed by atoms with Crippen molar-refractivity contribution in [3.8, 4) is 0 Å². The first-order valence-electron chi connectivity index (χ1n) is 6.37. The molecule has 3 rings (SSSR count). The summed E-state index contributed by atoms with van der Waals surface area (Å²) in [6.45, 7) is -0.502. The zero-order valence-electron chi connectivity index (χ0n) is 11.2. The zero-order chi connectivity index (χ0) is 15.2. The molecule has 0 radical (unpaired) electrons. The van der Waals surface area contributed by atoms with Gasteiger partial charge < -0.3 is 9.73 Å². The Labute approximate surface area is 117 Å². The van der Waals surface area contributed by atoms with Gasteiger partial charge in [-0.15, -0.1) is 0 Å². The molecule has 1 aliphatic heterocycles. The first kappa shape index (κ1) is 13.7. The molecule has 1 fully saturated rings. The third-order valence-corrected chi connectivity index (χ3v) is 3.49. The molecular weight excluding hydrogens is 284 g/mol. The molecule has 0 bridgehead atoms. The lowest BCUT2D eigenvalue weighted by Gasteiger charge is -2.11.